The lowest BCUT2D eigenvalue weighted by molar-refractivity contribution is -0.119. The molecule has 0 spiro atoms. The molecule has 0 bridgehead atoms. The summed E-state index contributed by atoms with van der Waals surface area (Å²) in [5, 5.41) is 4.86. The third kappa shape index (κ3) is 6.38. The lowest BCUT2D eigenvalue weighted by Crippen LogP contribution is -2.55. The summed E-state index contributed by atoms with van der Waals surface area (Å²) in [6.07, 6.45) is 0.548. The van der Waals surface area contributed by atoms with Gasteiger partial charge in [-0.25, -0.2) is 9.98 Å². The molecule has 41 heavy (non-hydrogen) atoms. The molecular formula is C28H29Cl2N7O3S. The first-order chi connectivity index (χ1) is 19.8. The van der Waals surface area contributed by atoms with Gasteiger partial charge < -0.3 is 24.6 Å². The number of carbonyl (C=O) groups is 1. The number of methoxy groups -OCH3 is 2. The fourth-order valence-corrected chi connectivity index (χ4v) is 5.38. The van der Waals surface area contributed by atoms with Crippen molar-refractivity contribution >= 4 is 57.8 Å². The summed E-state index contributed by atoms with van der Waals surface area (Å²) in [7, 11) is 4.66. The smallest absolute Gasteiger partial charge is 0.319 e. The standard InChI is InChI=1S/C28H29Cl2N7O3S/c1-35-22-9-8-19(30)14-20(22)23(21-15-31-27(40-3)34-25(21)39-2)32-24(26(35)38)33-28(41)37-12-10-36(11-13-37)16-17-4-6-18(29)7-5-17/h4-9,14-15,24H,10-13,16H2,1-3H3,(H,33,41). The van der Waals surface area contributed by atoms with Crippen LogP contribution in [0.3, 0.4) is 0 Å². The zero-order chi connectivity index (χ0) is 29.1. The largest absolute Gasteiger partial charge is 0.480 e. The van der Waals surface area contributed by atoms with E-state index in [4.69, 9.17) is 49.9 Å². The molecule has 10 nitrogen and oxygen atoms in total. The quantitative estimate of drug-likeness (QED) is 0.418. The van der Waals surface area contributed by atoms with Gasteiger partial charge in [0.15, 0.2) is 5.11 Å². The van der Waals surface area contributed by atoms with Crippen LogP contribution < -0.4 is 19.7 Å². The van der Waals surface area contributed by atoms with Crippen molar-refractivity contribution in [3.05, 3.63) is 75.4 Å². The number of nitrogens with zero attached hydrogens (tertiary/aromatic N) is 6. The number of aromatic nitrogens is 2. The van der Waals surface area contributed by atoms with Crippen molar-refractivity contribution in [3.8, 4) is 11.9 Å². The minimum Gasteiger partial charge on any atom is -0.480 e. The molecule has 1 N–H and O–H groups in total. The number of benzodiazepines with no additional fused rings is 1. The highest BCUT2D eigenvalue weighted by molar-refractivity contribution is 7.80. The van der Waals surface area contributed by atoms with Crippen LogP contribution in [0.25, 0.3) is 0 Å². The molecule has 1 atom stereocenters. The Balaban J connectivity index is 1.39. The first-order valence-electron chi connectivity index (χ1n) is 12.9. The Morgan fingerprint density at radius 2 is 1.73 bits per heavy atom. The van der Waals surface area contributed by atoms with Crippen molar-refractivity contribution in [3.63, 3.8) is 0 Å². The number of nitrogens with one attached hydrogen (secondary N) is 1. The van der Waals surface area contributed by atoms with Gasteiger partial charge in [0.05, 0.1) is 31.2 Å². The minimum atomic E-state index is -1.01. The number of benzene rings is 2. The maximum Gasteiger partial charge on any atom is 0.319 e. The Labute approximate surface area is 253 Å². The van der Waals surface area contributed by atoms with Crippen LogP contribution in [0.1, 0.15) is 16.7 Å². The Morgan fingerprint density at radius 3 is 2.41 bits per heavy atom. The van der Waals surface area contributed by atoms with Gasteiger partial charge in [-0.3, -0.25) is 9.69 Å². The number of hydrogen-bond donors (Lipinski definition) is 1. The summed E-state index contributed by atoms with van der Waals surface area (Å²) in [5.41, 5.74) is 3.38. The summed E-state index contributed by atoms with van der Waals surface area (Å²) in [6.45, 7) is 3.90. The molecule has 2 aliphatic heterocycles. The summed E-state index contributed by atoms with van der Waals surface area (Å²) in [4.78, 5) is 33.1. The Bertz CT molecular complexity index is 1480. The van der Waals surface area contributed by atoms with Crippen LogP contribution in [-0.2, 0) is 11.3 Å². The SMILES string of the molecule is COc1ncc(C2=NC(NC(=S)N3CCN(Cc4ccc(Cl)cc4)CC3)C(=O)N(C)c3ccc(Cl)cc32)c(OC)n1. The molecule has 2 aliphatic rings. The normalized spacial score (nSPS) is 17.4. The van der Waals surface area contributed by atoms with E-state index in [0.29, 0.717) is 45.8 Å². The van der Waals surface area contributed by atoms with Crippen LogP contribution in [0.4, 0.5) is 5.69 Å². The highest BCUT2D eigenvalue weighted by Crippen LogP contribution is 2.32. The first kappa shape index (κ1) is 29.0. The second kappa shape index (κ2) is 12.6. The molecule has 214 valence electrons. The second-order valence-electron chi connectivity index (χ2n) is 9.56. The predicted octanol–water partition coefficient (Wildman–Crippen LogP) is 3.63. The molecule has 3 heterocycles. The maximum absolute atomic E-state index is 13.7. The van der Waals surface area contributed by atoms with E-state index < -0.39 is 6.17 Å². The van der Waals surface area contributed by atoms with Crippen molar-refractivity contribution in [2.75, 3.05) is 52.3 Å². The van der Waals surface area contributed by atoms with Crippen molar-refractivity contribution in [1.29, 1.82) is 0 Å². The molecule has 2 aromatic carbocycles. The third-order valence-corrected chi connectivity index (χ3v) is 7.86. The number of thiocarbonyl (C=S) groups is 1. The molecule has 0 saturated carbocycles. The lowest BCUT2D eigenvalue weighted by atomic mass is 10.0. The molecule has 13 heteroatoms. The van der Waals surface area contributed by atoms with E-state index in [2.05, 4.69) is 25.1 Å². The van der Waals surface area contributed by atoms with Crippen LogP contribution >= 0.6 is 35.4 Å². The fourth-order valence-electron chi connectivity index (χ4n) is 4.79. The number of halogens is 2. The third-order valence-electron chi connectivity index (χ3n) is 7.00. The average molecular weight is 615 g/mol. The number of aliphatic imine (C=N–C) groups is 1. The van der Waals surface area contributed by atoms with Gasteiger partial charge in [0.2, 0.25) is 12.0 Å². The zero-order valence-electron chi connectivity index (χ0n) is 22.8. The number of piperazine rings is 1. The number of anilines is 1. The van der Waals surface area contributed by atoms with Gasteiger partial charge in [0, 0.05) is 61.6 Å². The van der Waals surface area contributed by atoms with E-state index in [1.807, 2.05) is 24.3 Å². The Kier molecular flexibility index (Phi) is 8.88. The van der Waals surface area contributed by atoms with Crippen molar-refractivity contribution in [2.45, 2.75) is 12.7 Å². The minimum absolute atomic E-state index is 0.144. The van der Waals surface area contributed by atoms with Crippen LogP contribution in [0, 0.1) is 0 Å². The van der Waals surface area contributed by atoms with Crippen LogP contribution in [0.5, 0.6) is 11.9 Å². The molecule has 0 radical (unpaired) electrons. The van der Waals surface area contributed by atoms with Crippen molar-refractivity contribution in [2.24, 2.45) is 4.99 Å². The van der Waals surface area contributed by atoms with E-state index in [1.54, 1.807) is 36.3 Å². The number of hydrogen-bond acceptors (Lipinski definition) is 8. The number of fused-ring (bicyclic) bond motifs is 1. The number of ether oxygens (including phenoxy) is 2. The van der Waals surface area contributed by atoms with E-state index in [1.165, 1.54) is 19.8 Å². The molecule has 1 unspecified atom stereocenters. The first-order valence-corrected chi connectivity index (χ1v) is 14.1. The number of rotatable bonds is 6. The second-order valence-corrected chi connectivity index (χ2v) is 10.8. The number of likely N-dealkylation sites (N-methyl/N-ethyl adjacent to an activating group) is 1. The molecule has 1 aromatic heterocycles. The van der Waals surface area contributed by atoms with Gasteiger partial charge in [-0.2, -0.15) is 4.98 Å². The van der Waals surface area contributed by atoms with Gasteiger partial charge in [-0.05, 0) is 48.1 Å². The predicted molar refractivity (Wildman–Crippen MR) is 163 cm³/mol. The highest BCUT2D eigenvalue weighted by atomic mass is 35.5. The summed E-state index contributed by atoms with van der Waals surface area (Å²) in [6, 6.07) is 13.3. The van der Waals surface area contributed by atoms with Gasteiger partial charge >= 0.3 is 6.01 Å². The van der Waals surface area contributed by atoms with E-state index >= 15 is 0 Å². The lowest BCUT2D eigenvalue weighted by Gasteiger charge is -2.37. The molecule has 1 amide bonds. The van der Waals surface area contributed by atoms with Crippen molar-refractivity contribution < 1.29 is 14.3 Å². The van der Waals surface area contributed by atoms with Crippen LogP contribution in [-0.4, -0.2) is 90.1 Å². The maximum atomic E-state index is 13.7. The Hall–Kier alpha value is -3.51. The van der Waals surface area contributed by atoms with Crippen LogP contribution in [0.15, 0.2) is 53.7 Å². The van der Waals surface area contributed by atoms with Crippen molar-refractivity contribution in [1.82, 2.24) is 25.1 Å². The summed E-state index contributed by atoms with van der Waals surface area (Å²) >= 11 is 18.2. The Morgan fingerprint density at radius 1 is 1.02 bits per heavy atom. The monoisotopic (exact) mass is 613 g/mol. The molecule has 0 aliphatic carbocycles. The molecule has 5 rings (SSSR count). The van der Waals surface area contributed by atoms with E-state index in [0.717, 1.165) is 24.7 Å². The fraction of sp³-hybridized carbons (Fsp3) is 0.321. The molecular weight excluding hydrogens is 585 g/mol. The highest BCUT2D eigenvalue weighted by Gasteiger charge is 2.33. The van der Waals surface area contributed by atoms with Gasteiger partial charge in [-0.15, -0.1) is 0 Å². The molecule has 3 aromatic rings. The number of amides is 1. The van der Waals surface area contributed by atoms with Gasteiger partial charge in [0.1, 0.15) is 0 Å². The van der Waals surface area contributed by atoms with Crippen LogP contribution in [0.2, 0.25) is 10.0 Å². The zero-order valence-corrected chi connectivity index (χ0v) is 25.1. The summed E-state index contributed by atoms with van der Waals surface area (Å²) < 4.78 is 10.7. The molecule has 1 fully saturated rings. The summed E-state index contributed by atoms with van der Waals surface area (Å²) in [5.74, 6) is -0.0302. The van der Waals surface area contributed by atoms with Gasteiger partial charge in [-0.1, -0.05) is 35.3 Å². The van der Waals surface area contributed by atoms with Gasteiger partial charge in [0.25, 0.3) is 5.91 Å². The molecule has 1 saturated heterocycles. The van der Waals surface area contributed by atoms with E-state index in [9.17, 15) is 4.79 Å². The topological polar surface area (TPSA) is 95.4 Å². The average Bonchev–Trinajstić information content (AvgIpc) is 3.08. The van der Waals surface area contributed by atoms with E-state index in [-0.39, 0.29) is 17.8 Å². The number of carbonyl (C=O) groups excluding carboxylic acids is 1.